The van der Waals surface area contributed by atoms with Gasteiger partial charge in [0.05, 0.1) is 12.6 Å². The van der Waals surface area contributed by atoms with Crippen LogP contribution in [0.3, 0.4) is 0 Å². The zero-order valence-electron chi connectivity index (χ0n) is 18.1. The van der Waals surface area contributed by atoms with E-state index in [4.69, 9.17) is 15.9 Å². The summed E-state index contributed by atoms with van der Waals surface area (Å²) in [7, 11) is 0. The van der Waals surface area contributed by atoms with Crippen molar-refractivity contribution in [3.8, 4) is 35.2 Å². The van der Waals surface area contributed by atoms with Crippen LogP contribution in [0, 0.1) is 12.3 Å². The molecule has 4 N–H and O–H groups in total. The summed E-state index contributed by atoms with van der Waals surface area (Å²) in [6.07, 6.45) is -1.29. The number of nitrogens with zero attached hydrogens (tertiary/aromatic N) is 4. The summed E-state index contributed by atoms with van der Waals surface area (Å²) in [6.45, 7) is 1.57. The van der Waals surface area contributed by atoms with Gasteiger partial charge in [-0.25, -0.2) is 0 Å². The predicted octanol–water partition coefficient (Wildman–Crippen LogP) is -0.101. The van der Waals surface area contributed by atoms with Crippen LogP contribution in [0.1, 0.15) is 17.3 Å². The molecule has 176 valence electrons. The van der Waals surface area contributed by atoms with Gasteiger partial charge < -0.3 is 30.1 Å². The van der Waals surface area contributed by atoms with Crippen molar-refractivity contribution in [2.24, 2.45) is 0 Å². The molecule has 1 saturated heterocycles. The van der Waals surface area contributed by atoms with E-state index in [9.17, 15) is 20.1 Å². The van der Waals surface area contributed by atoms with E-state index >= 15 is 0 Å². The zero-order valence-corrected chi connectivity index (χ0v) is 18.1. The molecular weight excluding hydrogens is 442 g/mol. The lowest BCUT2D eigenvalue weighted by Gasteiger charge is -2.39. The van der Waals surface area contributed by atoms with E-state index in [2.05, 4.69) is 26.6 Å². The summed E-state index contributed by atoms with van der Waals surface area (Å²) in [6, 6.07) is 13.7. The largest absolute Gasteiger partial charge is 0.460 e. The Hall–Kier alpha value is -3.82. The summed E-state index contributed by atoms with van der Waals surface area (Å²) in [4.78, 5) is 13.6. The summed E-state index contributed by atoms with van der Waals surface area (Å²) >= 11 is 0. The van der Waals surface area contributed by atoms with Crippen molar-refractivity contribution in [2.75, 3.05) is 6.54 Å². The molecule has 1 aromatic heterocycles. The SMILES string of the molecule is C#CCNC(=O)c1ccc(-n2nnc(-c3ccccc3)n2)c(O[C@@H]2O[C@@H](C)[C@@H](O)[C@@H](O)[C@@H]2O)c1. The molecular formula is C23H23N5O6. The molecule has 0 aliphatic carbocycles. The van der Waals surface area contributed by atoms with Crippen molar-refractivity contribution < 1.29 is 29.6 Å². The minimum atomic E-state index is -1.55. The van der Waals surface area contributed by atoms with Gasteiger partial charge in [-0.1, -0.05) is 36.3 Å². The third-order valence-corrected chi connectivity index (χ3v) is 5.29. The molecule has 0 saturated carbocycles. The van der Waals surface area contributed by atoms with Crippen LogP contribution >= 0.6 is 0 Å². The number of hydrogen-bond donors (Lipinski definition) is 4. The predicted molar refractivity (Wildman–Crippen MR) is 119 cm³/mol. The maximum atomic E-state index is 12.4. The molecule has 1 aliphatic heterocycles. The third-order valence-electron chi connectivity index (χ3n) is 5.29. The number of aliphatic hydroxyl groups excluding tert-OH is 3. The van der Waals surface area contributed by atoms with Gasteiger partial charge in [-0.05, 0) is 30.3 Å². The first kappa shape index (κ1) is 23.3. The summed E-state index contributed by atoms with van der Waals surface area (Å²) in [5.41, 5.74) is 1.27. The van der Waals surface area contributed by atoms with Gasteiger partial charge in [0.15, 0.2) is 5.75 Å². The lowest BCUT2D eigenvalue weighted by molar-refractivity contribution is -0.268. The highest BCUT2D eigenvalue weighted by Crippen LogP contribution is 2.29. The van der Waals surface area contributed by atoms with Crippen LogP contribution in [-0.2, 0) is 4.74 Å². The number of aliphatic hydroxyl groups is 3. The first-order chi connectivity index (χ1) is 16.4. The number of terminal acetylenes is 1. The van der Waals surface area contributed by atoms with Gasteiger partial charge in [-0.2, -0.15) is 0 Å². The van der Waals surface area contributed by atoms with Crippen molar-refractivity contribution >= 4 is 5.91 Å². The average Bonchev–Trinajstić information content (AvgIpc) is 3.35. The monoisotopic (exact) mass is 465 g/mol. The Labute approximate surface area is 194 Å². The van der Waals surface area contributed by atoms with E-state index in [-0.39, 0.29) is 17.9 Å². The lowest BCUT2D eigenvalue weighted by Crippen LogP contribution is -2.58. The minimum absolute atomic E-state index is 0.0356. The topological polar surface area (TPSA) is 152 Å². The number of carbonyl (C=O) groups excluding carboxylic acids is 1. The zero-order chi connectivity index (χ0) is 24.2. The van der Waals surface area contributed by atoms with Gasteiger partial charge >= 0.3 is 0 Å². The Balaban J connectivity index is 1.70. The number of aromatic nitrogens is 4. The van der Waals surface area contributed by atoms with Crippen molar-refractivity contribution in [1.82, 2.24) is 25.5 Å². The second kappa shape index (κ2) is 9.98. The number of carbonyl (C=O) groups is 1. The highest BCUT2D eigenvalue weighted by Gasteiger charge is 2.43. The maximum Gasteiger partial charge on any atom is 0.252 e. The number of nitrogens with one attached hydrogen (secondary N) is 1. The number of benzene rings is 2. The first-order valence-corrected chi connectivity index (χ1v) is 10.5. The van der Waals surface area contributed by atoms with Gasteiger partial charge in [0.1, 0.15) is 24.0 Å². The van der Waals surface area contributed by atoms with Crippen LogP contribution in [0.5, 0.6) is 5.75 Å². The molecule has 1 fully saturated rings. The van der Waals surface area contributed by atoms with Crippen molar-refractivity contribution in [3.63, 3.8) is 0 Å². The smallest absolute Gasteiger partial charge is 0.252 e. The number of amides is 1. The van der Waals surface area contributed by atoms with E-state index in [1.807, 2.05) is 30.3 Å². The maximum absolute atomic E-state index is 12.4. The van der Waals surface area contributed by atoms with Crippen LogP contribution in [0.2, 0.25) is 0 Å². The summed E-state index contributed by atoms with van der Waals surface area (Å²) < 4.78 is 11.4. The van der Waals surface area contributed by atoms with Crippen LogP contribution in [0.25, 0.3) is 17.1 Å². The standard InChI is InChI=1S/C23H23N5O6/c1-3-11-24-22(32)15-9-10-16(28-26-21(25-27-28)14-7-5-4-6-8-14)17(12-15)34-23-20(31)19(30)18(29)13(2)33-23/h1,4-10,12-13,18-20,23,29-31H,11H2,2H3,(H,24,32)/t13-,18+,19+,20-,23-/m0/s1. The van der Waals surface area contributed by atoms with E-state index in [1.165, 1.54) is 23.9 Å². The molecule has 4 rings (SSSR count). The molecule has 0 spiro atoms. The fraction of sp³-hybridized carbons (Fsp3) is 0.304. The van der Waals surface area contributed by atoms with Crippen LogP contribution in [0.4, 0.5) is 0 Å². The summed E-state index contributed by atoms with van der Waals surface area (Å²) in [5, 5.41) is 45.6. The second-order valence-corrected chi connectivity index (χ2v) is 7.64. The first-order valence-electron chi connectivity index (χ1n) is 10.5. The van der Waals surface area contributed by atoms with Crippen LogP contribution in [0.15, 0.2) is 48.5 Å². The van der Waals surface area contributed by atoms with E-state index < -0.39 is 36.6 Å². The molecule has 11 heteroatoms. The molecule has 1 amide bonds. The van der Waals surface area contributed by atoms with Gasteiger partial charge in [0.25, 0.3) is 5.91 Å². The molecule has 1 aliphatic rings. The molecule has 34 heavy (non-hydrogen) atoms. The number of tetrazole rings is 1. The quantitative estimate of drug-likeness (QED) is 0.366. The van der Waals surface area contributed by atoms with E-state index in [0.717, 1.165) is 5.56 Å². The Bertz CT molecular complexity index is 1190. The summed E-state index contributed by atoms with van der Waals surface area (Å²) in [5.74, 6) is 2.32. The molecule has 0 bridgehead atoms. The Kier molecular flexibility index (Phi) is 6.85. The number of hydrogen-bond acceptors (Lipinski definition) is 9. The van der Waals surface area contributed by atoms with Crippen molar-refractivity contribution in [3.05, 3.63) is 54.1 Å². The molecule has 2 heterocycles. The van der Waals surface area contributed by atoms with Gasteiger partial charge in [-0.15, -0.1) is 21.4 Å². The van der Waals surface area contributed by atoms with Crippen molar-refractivity contribution in [1.29, 1.82) is 0 Å². The highest BCUT2D eigenvalue weighted by molar-refractivity contribution is 5.95. The van der Waals surface area contributed by atoms with E-state index in [0.29, 0.717) is 11.5 Å². The Morgan fingerprint density at radius 2 is 1.94 bits per heavy atom. The average molecular weight is 465 g/mol. The van der Waals surface area contributed by atoms with Crippen LogP contribution < -0.4 is 10.1 Å². The minimum Gasteiger partial charge on any atom is -0.460 e. The molecule has 11 nitrogen and oxygen atoms in total. The van der Waals surface area contributed by atoms with Crippen LogP contribution in [-0.4, -0.2) is 78.7 Å². The van der Waals surface area contributed by atoms with Crippen molar-refractivity contribution in [2.45, 2.75) is 37.6 Å². The lowest BCUT2D eigenvalue weighted by atomic mass is 10.00. The Morgan fingerprint density at radius 1 is 1.18 bits per heavy atom. The molecule has 0 unspecified atom stereocenters. The number of rotatable bonds is 6. The number of ether oxygens (including phenoxy) is 2. The molecule has 0 radical (unpaired) electrons. The van der Waals surface area contributed by atoms with Gasteiger partial charge in [0.2, 0.25) is 12.1 Å². The second-order valence-electron chi connectivity index (χ2n) is 7.64. The fourth-order valence-corrected chi connectivity index (χ4v) is 3.40. The fourth-order valence-electron chi connectivity index (χ4n) is 3.40. The van der Waals surface area contributed by atoms with Gasteiger partial charge in [-0.3, -0.25) is 4.79 Å². The normalized spacial score (nSPS) is 24.3. The highest BCUT2D eigenvalue weighted by atomic mass is 16.7. The molecule has 2 aromatic carbocycles. The molecule has 5 atom stereocenters. The third kappa shape index (κ3) is 4.75. The molecule has 3 aromatic rings. The van der Waals surface area contributed by atoms with Gasteiger partial charge in [0, 0.05) is 11.1 Å². The Morgan fingerprint density at radius 3 is 2.68 bits per heavy atom. The van der Waals surface area contributed by atoms with E-state index in [1.54, 1.807) is 6.07 Å².